The first-order valence-electron chi connectivity index (χ1n) is 15.3. The van der Waals surface area contributed by atoms with E-state index < -0.39 is 0 Å². The predicted octanol–water partition coefficient (Wildman–Crippen LogP) is 5.53. The van der Waals surface area contributed by atoms with Crippen molar-refractivity contribution in [3.05, 3.63) is 94.6 Å². The van der Waals surface area contributed by atoms with Crippen LogP contribution in [0.1, 0.15) is 47.1 Å². The average Bonchev–Trinajstić information content (AvgIpc) is 3.34. The topological polar surface area (TPSA) is 62.2 Å². The molecule has 1 saturated heterocycles. The largest absolute Gasteiger partial charge is 0.508 e. The summed E-state index contributed by atoms with van der Waals surface area (Å²) in [6.45, 7) is 4.03. The molecule has 0 aromatic heterocycles. The number of amides is 1. The summed E-state index contributed by atoms with van der Waals surface area (Å²) in [7, 11) is 3.56. The molecule has 2 aliphatic carbocycles. The van der Waals surface area contributed by atoms with Crippen LogP contribution in [-0.4, -0.2) is 66.2 Å². The van der Waals surface area contributed by atoms with Gasteiger partial charge < -0.3 is 19.5 Å². The van der Waals surface area contributed by atoms with Crippen LogP contribution in [0.15, 0.2) is 66.7 Å². The van der Waals surface area contributed by atoms with Crippen LogP contribution in [0.4, 0.5) is 0 Å². The van der Waals surface area contributed by atoms with Crippen LogP contribution in [0.3, 0.4) is 0 Å². The van der Waals surface area contributed by atoms with E-state index in [0.29, 0.717) is 23.5 Å². The van der Waals surface area contributed by atoms with Crippen molar-refractivity contribution in [3.63, 3.8) is 0 Å². The van der Waals surface area contributed by atoms with E-state index >= 15 is 0 Å². The Labute approximate surface area is 248 Å². The van der Waals surface area contributed by atoms with Gasteiger partial charge in [0.2, 0.25) is 5.91 Å². The fourth-order valence-electron chi connectivity index (χ4n) is 8.62. The van der Waals surface area contributed by atoms with Crippen LogP contribution in [-0.2, 0) is 23.1 Å². The van der Waals surface area contributed by atoms with Crippen LogP contribution in [0.5, 0.6) is 17.2 Å². The Morgan fingerprint density at radius 2 is 2.00 bits per heavy atom. The lowest BCUT2D eigenvalue weighted by Gasteiger charge is -2.60. The Morgan fingerprint density at radius 3 is 2.79 bits per heavy atom. The van der Waals surface area contributed by atoms with E-state index in [4.69, 9.17) is 9.47 Å². The molecule has 3 aromatic rings. The maximum Gasteiger partial charge on any atom is 0.246 e. The van der Waals surface area contributed by atoms with Crippen LogP contribution in [0.2, 0.25) is 0 Å². The number of aryl methyl sites for hydroxylation is 1. The smallest absolute Gasteiger partial charge is 0.246 e. The minimum atomic E-state index is -0.249. The average molecular weight is 565 g/mol. The van der Waals surface area contributed by atoms with E-state index in [2.05, 4.69) is 54.3 Å². The third-order valence-corrected chi connectivity index (χ3v) is 10.5. The summed E-state index contributed by atoms with van der Waals surface area (Å²) in [5.74, 6) is 2.05. The van der Waals surface area contributed by atoms with Crippen molar-refractivity contribution < 1.29 is 19.4 Å². The number of hydrogen-bond acceptors (Lipinski definition) is 5. The summed E-state index contributed by atoms with van der Waals surface area (Å²) in [5, 5.41) is 11.3. The summed E-state index contributed by atoms with van der Waals surface area (Å²) in [6.07, 6.45) is 8.09. The predicted molar refractivity (Wildman–Crippen MR) is 164 cm³/mol. The first-order chi connectivity index (χ1) is 20.4. The second-order valence-electron chi connectivity index (χ2n) is 12.6. The van der Waals surface area contributed by atoms with Crippen molar-refractivity contribution in [3.8, 4) is 17.2 Å². The zero-order valence-electron chi connectivity index (χ0n) is 24.8. The zero-order valence-corrected chi connectivity index (χ0v) is 24.8. The maximum absolute atomic E-state index is 13.6. The summed E-state index contributed by atoms with van der Waals surface area (Å²) in [6, 6.07) is 20.9. The van der Waals surface area contributed by atoms with E-state index in [-0.39, 0.29) is 23.5 Å². The fourth-order valence-corrected chi connectivity index (χ4v) is 8.62. The number of rotatable bonds is 7. The molecular formula is C36H40N2O4. The number of piperidine rings is 1. The summed E-state index contributed by atoms with van der Waals surface area (Å²) in [4.78, 5) is 18.1. The first-order valence-corrected chi connectivity index (χ1v) is 15.3. The molecule has 2 aliphatic heterocycles. The molecule has 218 valence electrons. The molecule has 0 radical (unpaired) electrons. The molecule has 1 spiro atoms. The molecule has 3 aromatic carbocycles. The van der Waals surface area contributed by atoms with Crippen molar-refractivity contribution >= 4 is 12.0 Å². The van der Waals surface area contributed by atoms with Gasteiger partial charge in [-0.3, -0.25) is 9.69 Å². The Morgan fingerprint density at radius 1 is 1.17 bits per heavy atom. The molecule has 4 aliphatic rings. The van der Waals surface area contributed by atoms with Crippen molar-refractivity contribution in [2.75, 3.05) is 27.2 Å². The molecule has 42 heavy (non-hydrogen) atoms. The minimum Gasteiger partial charge on any atom is -0.508 e. The number of likely N-dealkylation sites (N-methyl/N-ethyl adjacent to an activating group) is 1. The minimum absolute atomic E-state index is 0.0152. The van der Waals surface area contributed by atoms with Gasteiger partial charge in [-0.15, -0.1) is 0 Å². The van der Waals surface area contributed by atoms with Crippen molar-refractivity contribution in [2.24, 2.45) is 5.92 Å². The number of methoxy groups -OCH3 is 1. The lowest BCUT2D eigenvalue weighted by molar-refractivity contribution is -0.135. The van der Waals surface area contributed by atoms with Gasteiger partial charge in [0.1, 0.15) is 11.9 Å². The summed E-state index contributed by atoms with van der Waals surface area (Å²) >= 11 is 0. The van der Waals surface area contributed by atoms with Gasteiger partial charge in [0.05, 0.1) is 13.2 Å². The highest BCUT2D eigenvalue weighted by molar-refractivity contribution is 5.92. The van der Waals surface area contributed by atoms with E-state index in [0.717, 1.165) is 67.6 Å². The number of hydrogen-bond donors (Lipinski definition) is 1. The number of carbonyl (C=O) groups excluding carboxylic acids is 1. The molecule has 1 saturated carbocycles. The lowest BCUT2D eigenvalue weighted by Crippen LogP contribution is -2.69. The Balaban J connectivity index is 1.22. The maximum atomic E-state index is 13.6. The second-order valence-corrected chi connectivity index (χ2v) is 12.6. The highest BCUT2D eigenvalue weighted by Crippen LogP contribution is 2.65. The van der Waals surface area contributed by atoms with Crippen molar-refractivity contribution in [1.82, 2.24) is 9.80 Å². The quantitative estimate of drug-likeness (QED) is 0.383. The van der Waals surface area contributed by atoms with Crippen LogP contribution >= 0.6 is 0 Å². The molecular weight excluding hydrogens is 524 g/mol. The number of benzene rings is 3. The number of phenols is 1. The fraction of sp³-hybridized carbons (Fsp3) is 0.417. The highest BCUT2D eigenvalue weighted by atomic mass is 16.5. The van der Waals surface area contributed by atoms with Gasteiger partial charge >= 0.3 is 0 Å². The molecule has 2 fully saturated rings. The second kappa shape index (κ2) is 10.5. The Kier molecular flexibility index (Phi) is 6.77. The number of carbonyl (C=O) groups is 1. The lowest BCUT2D eigenvalue weighted by atomic mass is 9.50. The normalized spacial score (nSPS) is 27.4. The van der Waals surface area contributed by atoms with Gasteiger partial charge in [0.15, 0.2) is 11.5 Å². The molecule has 1 N–H and O–H groups in total. The van der Waals surface area contributed by atoms with E-state index in [1.807, 2.05) is 30.2 Å². The van der Waals surface area contributed by atoms with Crippen molar-refractivity contribution in [2.45, 2.75) is 62.6 Å². The van der Waals surface area contributed by atoms with Gasteiger partial charge in [-0.1, -0.05) is 60.2 Å². The molecule has 0 unspecified atom stereocenters. The number of nitrogens with zero attached hydrogens (tertiary/aromatic N) is 2. The van der Waals surface area contributed by atoms with Crippen LogP contribution < -0.4 is 9.47 Å². The molecule has 1 amide bonds. The number of likely N-dealkylation sites (tertiary alicyclic amines) is 1. The molecule has 5 atom stereocenters. The highest BCUT2D eigenvalue weighted by Gasteiger charge is 2.66. The third-order valence-electron chi connectivity index (χ3n) is 10.5. The summed E-state index contributed by atoms with van der Waals surface area (Å²) in [5.41, 5.74) is 5.45. The SMILES string of the molecule is COc1cc(O)c2c3c1O[C@H]1[C@H](N(C)C(=O)C=Cc4cccc(C)c4)CC[C@H]4[C@@H](C2)N(CCc2ccccc2)CC[C@@]341. The van der Waals surface area contributed by atoms with Crippen molar-refractivity contribution in [1.29, 1.82) is 0 Å². The number of phenolic OH excluding ortho intramolecular Hbond substituents is 1. The van der Waals surface area contributed by atoms with Gasteiger partial charge in [-0.25, -0.2) is 0 Å². The van der Waals surface area contributed by atoms with E-state index in [9.17, 15) is 9.90 Å². The monoisotopic (exact) mass is 564 g/mol. The van der Waals surface area contributed by atoms with Crippen LogP contribution in [0, 0.1) is 12.8 Å². The molecule has 2 bridgehead atoms. The molecule has 7 rings (SSSR count). The zero-order chi connectivity index (χ0) is 29.0. The number of ether oxygens (including phenoxy) is 2. The Hall–Kier alpha value is -3.77. The summed E-state index contributed by atoms with van der Waals surface area (Å²) < 4.78 is 12.7. The molecule has 2 heterocycles. The molecule has 6 nitrogen and oxygen atoms in total. The van der Waals surface area contributed by atoms with Gasteiger partial charge in [-0.2, -0.15) is 0 Å². The molecule has 6 heteroatoms. The third kappa shape index (κ3) is 4.22. The van der Waals surface area contributed by atoms with E-state index in [1.165, 1.54) is 11.1 Å². The number of aromatic hydroxyl groups is 1. The van der Waals surface area contributed by atoms with Gasteiger partial charge in [-0.05, 0) is 68.7 Å². The van der Waals surface area contributed by atoms with Crippen LogP contribution in [0.25, 0.3) is 6.08 Å². The van der Waals surface area contributed by atoms with Gasteiger partial charge in [0.25, 0.3) is 0 Å². The van der Waals surface area contributed by atoms with E-state index in [1.54, 1.807) is 19.3 Å². The first kappa shape index (κ1) is 27.1. The van der Waals surface area contributed by atoms with Gasteiger partial charge in [0, 0.05) is 48.3 Å². The standard InChI is InChI=1S/C36H40N2O4/c1-23-8-7-11-25(20-23)12-15-32(40)37(2)28-14-13-27-29-21-26-30(39)22-31(41-3)34-33(26)36(27,35(28)42-34)17-19-38(29)18-16-24-9-5-4-6-10-24/h4-12,15,20,22,27-29,35,39H,13-14,16-19,21H2,1-3H3/t27-,28+,29+,35-,36-/m0/s1. The Bertz CT molecular complexity index is 1530.